The summed E-state index contributed by atoms with van der Waals surface area (Å²) in [6.45, 7) is 4.49. The SMILES string of the molecule is CCCCCCC.[Mg]. The van der Waals surface area contributed by atoms with Crippen molar-refractivity contribution in [2.45, 2.75) is 46.0 Å². The van der Waals surface area contributed by atoms with Crippen LogP contribution in [-0.2, 0) is 0 Å². The largest absolute Gasteiger partial charge is 0.0654 e. The molecule has 0 nitrogen and oxygen atoms in total. The van der Waals surface area contributed by atoms with E-state index in [1.807, 2.05) is 0 Å². The van der Waals surface area contributed by atoms with E-state index in [-0.39, 0.29) is 23.1 Å². The Bertz CT molecular complexity index is 23.6. The minimum atomic E-state index is 0. The van der Waals surface area contributed by atoms with Gasteiger partial charge in [0.25, 0.3) is 0 Å². The van der Waals surface area contributed by atoms with Crippen LogP contribution >= 0.6 is 0 Å². The molecular weight excluding hydrogens is 108 g/mol. The lowest BCUT2D eigenvalue weighted by Gasteiger charge is -1.90. The Kier molecular flexibility index (Phi) is 15.4. The molecule has 0 unspecified atom stereocenters. The maximum Gasteiger partial charge on any atom is 0 e. The third-order valence-corrected chi connectivity index (χ3v) is 1.21. The molecule has 0 amide bonds. The Morgan fingerprint density at radius 2 is 1.12 bits per heavy atom. The van der Waals surface area contributed by atoms with Gasteiger partial charge in [0.05, 0.1) is 0 Å². The van der Waals surface area contributed by atoms with Crippen LogP contribution in [0, 0.1) is 0 Å². The number of hydrogen-bond donors (Lipinski definition) is 0. The Morgan fingerprint density at radius 1 is 0.750 bits per heavy atom. The quantitative estimate of drug-likeness (QED) is 0.399. The van der Waals surface area contributed by atoms with Gasteiger partial charge in [0.2, 0.25) is 0 Å². The second-order valence-corrected chi connectivity index (χ2v) is 2.06. The number of hydrogen-bond acceptors (Lipinski definition) is 0. The van der Waals surface area contributed by atoms with Crippen molar-refractivity contribution in [2.24, 2.45) is 0 Å². The molecule has 46 valence electrons. The second-order valence-electron chi connectivity index (χ2n) is 2.06. The molecule has 0 atom stereocenters. The van der Waals surface area contributed by atoms with Gasteiger partial charge in [-0.25, -0.2) is 0 Å². The lowest BCUT2D eigenvalue weighted by atomic mass is 10.2. The van der Waals surface area contributed by atoms with E-state index in [9.17, 15) is 0 Å². The van der Waals surface area contributed by atoms with Gasteiger partial charge in [-0.1, -0.05) is 46.0 Å². The summed E-state index contributed by atoms with van der Waals surface area (Å²) in [5.74, 6) is 0. The Hall–Kier alpha value is 0.766. The topological polar surface area (TPSA) is 0 Å². The Labute approximate surface area is 69.2 Å². The van der Waals surface area contributed by atoms with Crippen molar-refractivity contribution in [3.63, 3.8) is 0 Å². The van der Waals surface area contributed by atoms with Gasteiger partial charge >= 0.3 is 0 Å². The van der Waals surface area contributed by atoms with Crippen molar-refractivity contribution in [3.05, 3.63) is 0 Å². The van der Waals surface area contributed by atoms with Crippen LogP contribution in [-0.4, -0.2) is 23.1 Å². The maximum atomic E-state index is 2.25. The summed E-state index contributed by atoms with van der Waals surface area (Å²) in [4.78, 5) is 0. The van der Waals surface area contributed by atoms with Crippen molar-refractivity contribution < 1.29 is 0 Å². The average Bonchev–Trinajstić information content (AvgIpc) is 1.69. The van der Waals surface area contributed by atoms with Crippen LogP contribution in [0.25, 0.3) is 0 Å². The summed E-state index contributed by atoms with van der Waals surface area (Å²) in [6.07, 6.45) is 7.01. The molecule has 0 aliphatic heterocycles. The van der Waals surface area contributed by atoms with Crippen LogP contribution in [0.1, 0.15) is 46.0 Å². The van der Waals surface area contributed by atoms with Gasteiger partial charge in [-0.2, -0.15) is 0 Å². The van der Waals surface area contributed by atoms with E-state index < -0.39 is 0 Å². The molecule has 0 aromatic heterocycles. The van der Waals surface area contributed by atoms with E-state index >= 15 is 0 Å². The molecule has 1 heteroatoms. The first kappa shape index (κ1) is 11.5. The Morgan fingerprint density at radius 3 is 1.38 bits per heavy atom. The van der Waals surface area contributed by atoms with Crippen molar-refractivity contribution in [2.75, 3.05) is 0 Å². The first-order chi connectivity index (χ1) is 3.41. The number of rotatable bonds is 4. The van der Waals surface area contributed by atoms with Gasteiger partial charge in [0, 0.05) is 23.1 Å². The number of unbranched alkanes of at least 4 members (excludes halogenated alkanes) is 4. The molecule has 0 spiro atoms. The first-order valence-electron chi connectivity index (χ1n) is 3.41. The normalized spacial score (nSPS) is 8.25. The summed E-state index contributed by atoms with van der Waals surface area (Å²) >= 11 is 0. The third-order valence-electron chi connectivity index (χ3n) is 1.21. The monoisotopic (exact) mass is 124 g/mol. The molecule has 8 heavy (non-hydrogen) atoms. The van der Waals surface area contributed by atoms with E-state index in [0.29, 0.717) is 0 Å². The predicted octanol–water partition coefficient (Wildman–Crippen LogP) is 2.60. The van der Waals surface area contributed by atoms with Crippen LogP contribution in [0.5, 0.6) is 0 Å². The fourth-order valence-electron chi connectivity index (χ4n) is 0.677. The van der Waals surface area contributed by atoms with Crippen LogP contribution in [0.3, 0.4) is 0 Å². The lowest BCUT2D eigenvalue weighted by molar-refractivity contribution is 0.656. The highest BCUT2D eigenvalue weighted by molar-refractivity contribution is 5.75. The molecular formula is C7H16Mg. The zero-order chi connectivity index (χ0) is 5.54. The van der Waals surface area contributed by atoms with Gasteiger partial charge in [0.1, 0.15) is 0 Å². The molecule has 0 N–H and O–H groups in total. The zero-order valence-electron chi connectivity index (χ0n) is 6.24. The van der Waals surface area contributed by atoms with E-state index in [0.717, 1.165) is 0 Å². The fourth-order valence-corrected chi connectivity index (χ4v) is 0.677. The van der Waals surface area contributed by atoms with E-state index in [4.69, 9.17) is 0 Å². The minimum absolute atomic E-state index is 0. The average molecular weight is 125 g/mol. The molecule has 0 aliphatic carbocycles. The van der Waals surface area contributed by atoms with Crippen molar-refractivity contribution >= 4 is 23.1 Å². The standard InChI is InChI=1S/C7H16.Mg/c1-3-5-7-6-4-2;/h3-7H2,1-2H3;. The molecule has 0 saturated heterocycles. The van der Waals surface area contributed by atoms with E-state index in [2.05, 4.69) is 13.8 Å². The van der Waals surface area contributed by atoms with Gasteiger partial charge in [-0.3, -0.25) is 0 Å². The van der Waals surface area contributed by atoms with E-state index in [1.165, 1.54) is 32.1 Å². The van der Waals surface area contributed by atoms with Gasteiger partial charge in [-0.05, 0) is 0 Å². The fraction of sp³-hybridized carbons (Fsp3) is 1.00. The molecule has 0 aromatic rings. The molecule has 0 heterocycles. The van der Waals surface area contributed by atoms with Crippen molar-refractivity contribution in [3.8, 4) is 0 Å². The van der Waals surface area contributed by atoms with Crippen LogP contribution in [0.2, 0.25) is 0 Å². The molecule has 0 saturated carbocycles. The second kappa shape index (κ2) is 10.7. The highest BCUT2D eigenvalue weighted by Gasteiger charge is 1.80. The zero-order valence-corrected chi connectivity index (χ0v) is 7.66. The van der Waals surface area contributed by atoms with Crippen molar-refractivity contribution in [1.82, 2.24) is 0 Å². The van der Waals surface area contributed by atoms with Gasteiger partial charge in [0.15, 0.2) is 0 Å². The molecule has 0 rings (SSSR count). The van der Waals surface area contributed by atoms with Crippen molar-refractivity contribution in [1.29, 1.82) is 0 Å². The third kappa shape index (κ3) is 9.90. The maximum absolute atomic E-state index is 2.25. The Balaban J connectivity index is 0. The first-order valence-corrected chi connectivity index (χ1v) is 3.41. The molecule has 0 aromatic carbocycles. The highest BCUT2D eigenvalue weighted by Crippen LogP contribution is 2.00. The molecule has 0 fully saturated rings. The summed E-state index contributed by atoms with van der Waals surface area (Å²) in [5.41, 5.74) is 0. The molecule has 2 radical (unpaired) electrons. The highest BCUT2D eigenvalue weighted by atomic mass is 24.3. The van der Waals surface area contributed by atoms with E-state index in [1.54, 1.807) is 0 Å². The van der Waals surface area contributed by atoms with Gasteiger partial charge < -0.3 is 0 Å². The predicted molar refractivity (Wildman–Crippen MR) is 40.2 cm³/mol. The van der Waals surface area contributed by atoms with Crippen LogP contribution in [0.4, 0.5) is 0 Å². The van der Waals surface area contributed by atoms with Crippen LogP contribution < -0.4 is 0 Å². The van der Waals surface area contributed by atoms with Gasteiger partial charge in [-0.15, -0.1) is 0 Å². The smallest absolute Gasteiger partial charge is 0 e. The lowest BCUT2D eigenvalue weighted by Crippen LogP contribution is -1.70. The molecule has 0 bridgehead atoms. The molecule has 0 aliphatic rings. The summed E-state index contributed by atoms with van der Waals surface area (Å²) < 4.78 is 0. The summed E-state index contributed by atoms with van der Waals surface area (Å²) in [6, 6.07) is 0. The van der Waals surface area contributed by atoms with Crippen LogP contribution in [0.15, 0.2) is 0 Å². The summed E-state index contributed by atoms with van der Waals surface area (Å²) in [5, 5.41) is 0. The summed E-state index contributed by atoms with van der Waals surface area (Å²) in [7, 11) is 0. The minimum Gasteiger partial charge on any atom is -0.0654 e.